The third-order valence-electron chi connectivity index (χ3n) is 3.76. The second-order valence-electron chi connectivity index (χ2n) is 6.06. The minimum atomic E-state index is -1.50. The molecule has 0 saturated heterocycles. The van der Waals surface area contributed by atoms with E-state index in [4.69, 9.17) is 66.5 Å². The van der Waals surface area contributed by atoms with Crippen LogP contribution in [0.25, 0.3) is 0 Å². The number of thioether (sulfide) groups is 1. The second kappa shape index (κ2) is 13.0. The summed E-state index contributed by atoms with van der Waals surface area (Å²) in [6, 6.07) is 11.0. The van der Waals surface area contributed by atoms with Crippen molar-refractivity contribution in [3.8, 4) is 0 Å². The number of hydrogen-bond donors (Lipinski definition) is 1. The van der Waals surface area contributed by atoms with E-state index in [2.05, 4.69) is 4.98 Å². The van der Waals surface area contributed by atoms with Crippen molar-refractivity contribution in [2.45, 2.75) is 24.2 Å². The molecule has 0 amide bonds. The topological polar surface area (TPSA) is 90.4 Å². The van der Waals surface area contributed by atoms with Gasteiger partial charge in [-0.2, -0.15) is 0 Å². The number of hydrogen-bond acceptors (Lipinski definition) is 5. The van der Waals surface area contributed by atoms with Gasteiger partial charge in [0, 0.05) is 28.1 Å². The van der Waals surface area contributed by atoms with E-state index in [0.29, 0.717) is 33.2 Å². The Morgan fingerprint density at radius 2 is 1.87 bits per heavy atom. The molecule has 0 fully saturated rings. The Bertz CT molecular complexity index is 988. The minimum Gasteiger partial charge on any atom is -0.371 e. The lowest BCUT2D eigenvalue weighted by molar-refractivity contribution is -0.742. The first kappa shape index (κ1) is 25.6. The Morgan fingerprint density at radius 1 is 1.13 bits per heavy atom. The van der Waals surface area contributed by atoms with Gasteiger partial charge >= 0.3 is 0 Å². The van der Waals surface area contributed by atoms with Gasteiger partial charge in [-0.15, -0.1) is 21.9 Å². The van der Waals surface area contributed by atoms with Crippen molar-refractivity contribution < 1.29 is 15.0 Å². The van der Waals surface area contributed by atoms with Gasteiger partial charge in [-0.3, -0.25) is 0 Å². The highest BCUT2D eigenvalue weighted by Gasteiger charge is 2.13. The Labute approximate surface area is 203 Å². The van der Waals surface area contributed by atoms with Crippen LogP contribution in [0.15, 0.2) is 60.0 Å². The van der Waals surface area contributed by atoms with E-state index in [1.807, 2.05) is 35.0 Å². The Hall–Kier alpha value is -1.68. The maximum Gasteiger partial charge on any atom is 0.291 e. The molecular formula is C19H17Cl4N3O4S. The molecule has 0 saturated carbocycles. The molecule has 1 aromatic heterocycles. The van der Waals surface area contributed by atoms with E-state index in [9.17, 15) is 0 Å². The highest BCUT2D eigenvalue weighted by Crippen LogP contribution is 2.31. The summed E-state index contributed by atoms with van der Waals surface area (Å²) < 4.78 is 8.13. The van der Waals surface area contributed by atoms with Crippen LogP contribution in [-0.4, -0.2) is 31.7 Å². The Morgan fingerprint density at radius 3 is 2.48 bits per heavy atom. The van der Waals surface area contributed by atoms with E-state index < -0.39 is 5.09 Å². The van der Waals surface area contributed by atoms with E-state index in [1.54, 1.807) is 36.4 Å². The first-order valence-corrected chi connectivity index (χ1v) is 11.2. The molecule has 12 heteroatoms. The number of benzene rings is 2. The van der Waals surface area contributed by atoms with Crippen LogP contribution in [0.3, 0.4) is 0 Å². The predicted octanol–water partition coefficient (Wildman–Crippen LogP) is 6.53. The van der Waals surface area contributed by atoms with Gasteiger partial charge in [0.15, 0.2) is 0 Å². The van der Waals surface area contributed by atoms with Gasteiger partial charge in [-0.1, -0.05) is 52.5 Å². The van der Waals surface area contributed by atoms with Crippen molar-refractivity contribution in [3.63, 3.8) is 0 Å². The number of imidazole rings is 1. The summed E-state index contributed by atoms with van der Waals surface area (Å²) in [5, 5.41) is 15.9. The van der Waals surface area contributed by atoms with E-state index >= 15 is 0 Å². The lowest BCUT2D eigenvalue weighted by Gasteiger charge is -2.19. The molecular weight excluding hydrogens is 508 g/mol. The molecule has 3 aromatic rings. The Kier molecular flexibility index (Phi) is 10.7. The average Bonchev–Trinajstić information content (AvgIpc) is 3.20. The monoisotopic (exact) mass is 523 g/mol. The maximum atomic E-state index is 8.36. The predicted molar refractivity (Wildman–Crippen MR) is 123 cm³/mol. The number of aromatic nitrogens is 2. The van der Waals surface area contributed by atoms with Crippen LogP contribution in [0.5, 0.6) is 0 Å². The molecule has 1 atom stereocenters. The molecule has 3 rings (SSSR count). The van der Waals surface area contributed by atoms with Crippen LogP contribution in [0, 0.1) is 10.1 Å². The molecule has 1 N–H and O–H groups in total. The summed E-state index contributed by atoms with van der Waals surface area (Å²) in [6.45, 7) is 1.12. The van der Waals surface area contributed by atoms with Gasteiger partial charge in [-0.05, 0) is 35.9 Å². The molecule has 1 unspecified atom stereocenters. The summed E-state index contributed by atoms with van der Waals surface area (Å²) in [7, 11) is 0. The molecule has 0 radical (unpaired) electrons. The normalized spacial score (nSPS) is 11.5. The summed E-state index contributed by atoms with van der Waals surface area (Å²) in [5.74, 6) is 0.723. The summed E-state index contributed by atoms with van der Waals surface area (Å²) in [6.07, 6.45) is 5.38. The van der Waals surface area contributed by atoms with Gasteiger partial charge in [0.1, 0.15) is 0 Å². The zero-order chi connectivity index (χ0) is 22.8. The fraction of sp³-hybridized carbons (Fsp3) is 0.211. The van der Waals surface area contributed by atoms with Crippen LogP contribution >= 0.6 is 58.2 Å². The largest absolute Gasteiger partial charge is 0.371 e. The van der Waals surface area contributed by atoms with Gasteiger partial charge in [-0.25, -0.2) is 4.98 Å². The molecule has 0 bridgehead atoms. The van der Waals surface area contributed by atoms with E-state index in [1.165, 1.54) is 0 Å². The molecule has 0 spiro atoms. The first-order chi connectivity index (χ1) is 14.7. The third kappa shape index (κ3) is 9.55. The van der Waals surface area contributed by atoms with E-state index in [0.717, 1.165) is 16.2 Å². The number of nitrogens with zero attached hydrogens (tertiary/aromatic N) is 3. The zero-order valence-corrected chi connectivity index (χ0v) is 19.7. The highest BCUT2D eigenvalue weighted by molar-refractivity contribution is 7.99. The number of rotatable bonds is 8. The fourth-order valence-electron chi connectivity index (χ4n) is 2.40. The van der Waals surface area contributed by atoms with Crippen LogP contribution in [0.4, 0.5) is 0 Å². The van der Waals surface area contributed by atoms with Gasteiger partial charge < -0.3 is 14.5 Å². The molecule has 31 heavy (non-hydrogen) atoms. The van der Waals surface area contributed by atoms with Crippen molar-refractivity contribution in [1.82, 2.24) is 9.55 Å². The summed E-state index contributed by atoms with van der Waals surface area (Å²) >= 11 is 25.9. The van der Waals surface area contributed by atoms with Crippen LogP contribution < -0.4 is 0 Å². The van der Waals surface area contributed by atoms with E-state index in [-0.39, 0.29) is 6.10 Å². The summed E-state index contributed by atoms with van der Waals surface area (Å²) in [5.41, 5.74) is 0.967. The van der Waals surface area contributed by atoms with Crippen molar-refractivity contribution in [3.05, 3.63) is 90.9 Å². The maximum absolute atomic E-state index is 8.36. The first-order valence-electron chi connectivity index (χ1n) is 8.67. The van der Waals surface area contributed by atoms with Crippen molar-refractivity contribution in [2.75, 3.05) is 5.75 Å². The number of ether oxygens (including phenoxy) is 1. The third-order valence-corrected chi connectivity index (χ3v) is 6.37. The fourth-order valence-corrected chi connectivity index (χ4v) is 4.22. The lowest BCUT2D eigenvalue weighted by Crippen LogP contribution is -2.22. The molecule has 0 aliphatic carbocycles. The molecule has 1 heterocycles. The minimum absolute atomic E-state index is 0.0506. The van der Waals surface area contributed by atoms with Crippen molar-refractivity contribution in [2.24, 2.45) is 0 Å². The molecule has 7 nitrogen and oxygen atoms in total. The lowest BCUT2D eigenvalue weighted by atomic mass is 10.2. The average molecular weight is 525 g/mol. The molecule has 166 valence electrons. The van der Waals surface area contributed by atoms with Crippen LogP contribution in [-0.2, 0) is 17.9 Å². The van der Waals surface area contributed by atoms with Gasteiger partial charge in [0.2, 0.25) is 0 Å². The molecule has 0 aliphatic heterocycles. The van der Waals surface area contributed by atoms with Crippen LogP contribution in [0.2, 0.25) is 20.1 Å². The standard InChI is InChI=1S/C19H16Cl4N2OS.HNO3/c20-14-2-4-19(18(23)8-14)27-11-15(9-25-6-5-24-12-25)26-10-13-1-3-16(21)17(22)7-13;2-1(3)4/h1-8,12,15H,9-11H2;(H,2,3,4). The summed E-state index contributed by atoms with van der Waals surface area (Å²) in [4.78, 5) is 13.4. The quantitative estimate of drug-likeness (QED) is 0.205. The van der Waals surface area contributed by atoms with Crippen molar-refractivity contribution >= 4 is 58.2 Å². The smallest absolute Gasteiger partial charge is 0.291 e. The molecule has 0 aliphatic rings. The Balaban J connectivity index is 0.000000785. The second-order valence-corrected chi connectivity index (χ2v) is 8.78. The number of halogens is 4. The van der Waals surface area contributed by atoms with Crippen LogP contribution in [0.1, 0.15) is 5.56 Å². The van der Waals surface area contributed by atoms with Crippen molar-refractivity contribution in [1.29, 1.82) is 0 Å². The van der Waals surface area contributed by atoms with Gasteiger partial charge in [0.25, 0.3) is 5.09 Å². The SMILES string of the molecule is Clc1ccc(SCC(Cn2ccnc2)OCc2ccc(Cl)c(Cl)c2)c(Cl)c1.O=[N+]([O-])O. The zero-order valence-electron chi connectivity index (χ0n) is 15.8. The van der Waals surface area contributed by atoms with Gasteiger partial charge in [0.05, 0.1) is 40.7 Å². The molecule has 2 aromatic carbocycles. The highest BCUT2D eigenvalue weighted by atomic mass is 35.5.